The zero-order chi connectivity index (χ0) is 12.2. The Morgan fingerprint density at radius 3 is 1.93 bits per heavy atom. The van der Waals surface area contributed by atoms with E-state index < -0.39 is 10.2 Å². The van der Waals surface area contributed by atoms with Crippen LogP contribution in [0, 0.1) is 27.3 Å². The minimum Gasteiger partial charge on any atom is -0.258 e. The second-order valence-corrected chi connectivity index (χ2v) is 4.08. The molecule has 15 heavy (non-hydrogen) atoms. The van der Waals surface area contributed by atoms with Crippen LogP contribution in [0.15, 0.2) is 5.38 Å². The molecule has 0 bridgehead atoms. The summed E-state index contributed by atoms with van der Waals surface area (Å²) in [6.07, 6.45) is 0. The van der Waals surface area contributed by atoms with E-state index in [1.165, 1.54) is 16.9 Å². The van der Waals surface area contributed by atoms with Gasteiger partial charge in [-0.3, -0.25) is 10.1 Å². The predicted octanol–water partition coefficient (Wildman–Crippen LogP) is -3.97. The fourth-order valence-corrected chi connectivity index (χ4v) is 1.40. The Kier molecular flexibility index (Phi) is 5.00. The molecule has 0 unspecified atom stereocenters. The van der Waals surface area contributed by atoms with Crippen LogP contribution in [0.1, 0.15) is 5.69 Å². The van der Waals surface area contributed by atoms with Gasteiger partial charge in [0.05, 0.1) is 4.92 Å². The summed E-state index contributed by atoms with van der Waals surface area (Å²) in [6, 6.07) is 0. The van der Waals surface area contributed by atoms with E-state index >= 15 is 0 Å². The van der Waals surface area contributed by atoms with Gasteiger partial charge in [-0.1, -0.05) is 0 Å². The van der Waals surface area contributed by atoms with Gasteiger partial charge < -0.3 is 0 Å². The Hall–Kier alpha value is -0.840. The molecule has 1 rings (SSSR count). The maximum absolute atomic E-state index is 10.2. The molecule has 10 heteroatoms. The summed E-state index contributed by atoms with van der Waals surface area (Å²) in [6.45, 7) is 1.73. The lowest BCUT2D eigenvalue weighted by atomic mass is 10.4. The molecule has 0 aliphatic rings. The maximum atomic E-state index is 10.2. The summed E-state index contributed by atoms with van der Waals surface area (Å²) >= 11 is 1.33. The number of nitrogens with zero attached hydrogens (tertiary/aromatic N) is 2. The van der Waals surface area contributed by atoms with Crippen molar-refractivity contribution in [1.82, 2.24) is 0 Å². The molecule has 0 spiro atoms. The van der Waals surface area contributed by atoms with Gasteiger partial charge in [0, 0.05) is 6.92 Å². The molecule has 0 atom stereocenters. The summed E-state index contributed by atoms with van der Waals surface area (Å²) in [5.41, 5.74) is 0.905. The minimum atomic E-state index is -4.94. The van der Waals surface area contributed by atoms with E-state index in [-0.39, 0.29) is 10.6 Å². The van der Waals surface area contributed by atoms with E-state index in [2.05, 4.69) is 0 Å². The molecule has 1 heterocycles. The molecule has 1 aromatic heterocycles. The third-order valence-electron chi connectivity index (χ3n) is 1.36. The Bertz CT molecular complexity index is 342. The lowest BCUT2D eigenvalue weighted by molar-refractivity contribution is -2.00. The number of aryl methyl sites for hydroxylation is 1. The molecular formula is C5H7ClN2O6S. The third kappa shape index (κ3) is 6.28. The van der Waals surface area contributed by atoms with Crippen LogP contribution in [0.25, 0.3) is 0 Å². The number of halogens is 1. The Labute approximate surface area is 90.7 Å². The average molecular weight is 259 g/mol. The van der Waals surface area contributed by atoms with Gasteiger partial charge in [0.2, 0.25) is 0 Å². The van der Waals surface area contributed by atoms with Crippen molar-refractivity contribution in [1.29, 1.82) is 0 Å². The smallest absolute Gasteiger partial charge is 0.258 e. The van der Waals surface area contributed by atoms with Crippen molar-refractivity contribution in [2.75, 3.05) is 0 Å². The van der Waals surface area contributed by atoms with Crippen LogP contribution in [0.3, 0.4) is 0 Å². The van der Waals surface area contributed by atoms with Crippen LogP contribution >= 0.6 is 11.5 Å². The summed E-state index contributed by atoms with van der Waals surface area (Å²) in [5, 5.41) is 11.8. The van der Waals surface area contributed by atoms with E-state index in [0.29, 0.717) is 5.69 Å². The molecule has 0 N–H and O–H groups in total. The van der Waals surface area contributed by atoms with Gasteiger partial charge in [-0.15, -0.1) is 14.2 Å². The van der Waals surface area contributed by atoms with Gasteiger partial charge in [-0.05, 0) is 0 Å². The van der Waals surface area contributed by atoms with Gasteiger partial charge in [0.25, 0.3) is 5.69 Å². The number of nitro groups is 1. The standard InChI is InChI=1S/C5H7N2O2S.ClHO4/c1-4-5(7(8)9)3-10-6(4)2;2-1(3,4)5/h3H,1-2H3;(H,2,3,4,5)/q+1;/p-1. The Morgan fingerprint density at radius 2 is 1.80 bits per heavy atom. The van der Waals surface area contributed by atoms with Crippen LogP contribution < -0.4 is 22.6 Å². The lowest BCUT2D eigenvalue weighted by Crippen LogP contribution is -2.68. The normalized spacial score (nSPS) is 10.5. The SMILES string of the molecule is Cc1c([N+](=O)[O-])cs[n+]1C.[O-][Cl+3]([O-])([O-])[O-]. The summed E-state index contributed by atoms with van der Waals surface area (Å²) < 4.78 is 35.7. The molecule has 0 aromatic carbocycles. The molecular weight excluding hydrogens is 252 g/mol. The minimum absolute atomic E-state index is 0.201. The molecule has 1 aromatic rings. The first-order valence-corrected chi connectivity index (χ1v) is 5.40. The molecule has 0 radical (unpaired) electrons. The van der Waals surface area contributed by atoms with Crippen molar-refractivity contribution in [2.45, 2.75) is 6.92 Å². The fraction of sp³-hybridized carbons (Fsp3) is 0.400. The summed E-state index contributed by atoms with van der Waals surface area (Å²) in [7, 11) is -3.15. The van der Waals surface area contributed by atoms with Crippen molar-refractivity contribution in [3.05, 3.63) is 21.2 Å². The molecule has 86 valence electrons. The van der Waals surface area contributed by atoms with Crippen molar-refractivity contribution < 1.29 is 37.8 Å². The van der Waals surface area contributed by atoms with Crippen LogP contribution in [-0.4, -0.2) is 4.92 Å². The van der Waals surface area contributed by atoms with E-state index in [1.807, 2.05) is 0 Å². The topological polar surface area (TPSA) is 139 Å². The fourth-order valence-electron chi connectivity index (χ4n) is 0.630. The Morgan fingerprint density at radius 1 is 1.40 bits per heavy atom. The van der Waals surface area contributed by atoms with Gasteiger partial charge >= 0.3 is 5.69 Å². The lowest BCUT2D eigenvalue weighted by Gasteiger charge is -2.17. The van der Waals surface area contributed by atoms with Crippen LogP contribution in [0.2, 0.25) is 0 Å². The zero-order valence-corrected chi connectivity index (χ0v) is 9.28. The first-order chi connectivity index (χ1) is 6.63. The highest BCUT2D eigenvalue weighted by Crippen LogP contribution is 2.15. The zero-order valence-electron chi connectivity index (χ0n) is 7.71. The molecule has 0 aliphatic carbocycles. The van der Waals surface area contributed by atoms with Gasteiger partial charge in [0.15, 0.2) is 7.05 Å². The molecule has 0 saturated heterocycles. The summed E-state index contributed by atoms with van der Waals surface area (Å²) in [4.78, 5) is 9.86. The second-order valence-electron chi connectivity index (χ2n) is 2.33. The van der Waals surface area contributed by atoms with Crippen molar-refractivity contribution in [3.8, 4) is 0 Å². The quantitative estimate of drug-likeness (QED) is 0.286. The van der Waals surface area contributed by atoms with E-state index in [0.717, 1.165) is 0 Å². The van der Waals surface area contributed by atoms with Crippen LogP contribution in [0.4, 0.5) is 5.69 Å². The average Bonchev–Trinajstić information content (AvgIpc) is 2.29. The van der Waals surface area contributed by atoms with Crippen molar-refractivity contribution >= 4 is 17.2 Å². The first-order valence-electron chi connectivity index (χ1n) is 3.33. The molecule has 0 fully saturated rings. The Balaban J connectivity index is 0.000000336. The molecule has 0 amide bonds. The van der Waals surface area contributed by atoms with E-state index in [9.17, 15) is 10.1 Å². The van der Waals surface area contributed by atoms with E-state index in [4.69, 9.17) is 18.6 Å². The largest absolute Gasteiger partial charge is 0.351 e. The molecule has 0 aliphatic heterocycles. The maximum Gasteiger partial charge on any atom is 0.351 e. The van der Waals surface area contributed by atoms with Crippen molar-refractivity contribution in [3.63, 3.8) is 0 Å². The second kappa shape index (κ2) is 5.30. The van der Waals surface area contributed by atoms with Gasteiger partial charge in [-0.25, -0.2) is 18.6 Å². The number of aromatic nitrogens is 1. The first kappa shape index (κ1) is 14.2. The van der Waals surface area contributed by atoms with E-state index in [1.54, 1.807) is 17.9 Å². The number of rotatable bonds is 1. The number of hydrogen-bond acceptors (Lipinski definition) is 7. The molecule has 8 nitrogen and oxygen atoms in total. The predicted molar refractivity (Wildman–Crippen MR) is 36.9 cm³/mol. The van der Waals surface area contributed by atoms with Gasteiger partial charge in [0.1, 0.15) is 16.9 Å². The molecule has 0 saturated carbocycles. The van der Waals surface area contributed by atoms with Crippen LogP contribution in [0.5, 0.6) is 0 Å². The highest BCUT2D eigenvalue weighted by Gasteiger charge is 2.21. The highest BCUT2D eigenvalue weighted by atomic mass is 35.7. The van der Waals surface area contributed by atoms with Crippen molar-refractivity contribution in [2.24, 2.45) is 7.05 Å². The van der Waals surface area contributed by atoms with Crippen LogP contribution in [-0.2, 0) is 7.05 Å². The van der Waals surface area contributed by atoms with Gasteiger partial charge in [-0.2, -0.15) is 0 Å². The number of hydrogen-bond donors (Lipinski definition) is 0. The summed E-state index contributed by atoms with van der Waals surface area (Å²) in [5.74, 6) is 0. The monoisotopic (exact) mass is 258 g/mol. The third-order valence-corrected chi connectivity index (χ3v) is 2.28. The highest BCUT2D eigenvalue weighted by molar-refractivity contribution is 6.99.